The van der Waals surface area contributed by atoms with Crippen LogP contribution in [0.15, 0.2) is 68.3 Å². The molecule has 8 rings (SSSR count). The van der Waals surface area contributed by atoms with Gasteiger partial charge in [-0.15, -0.1) is 0 Å². The summed E-state index contributed by atoms with van der Waals surface area (Å²) in [4.78, 5) is 0. The summed E-state index contributed by atoms with van der Waals surface area (Å²) >= 11 is 0. The largest absolute Gasteiger partial charge is 0.255 e. The molecule has 0 aliphatic carbocycles. The molecule has 16 heteroatoms. The lowest BCUT2D eigenvalue weighted by Crippen LogP contribution is -2.32. The predicted octanol–water partition coefficient (Wildman–Crippen LogP) is 4.31. The third-order valence-electron chi connectivity index (χ3n) is 14.9. The molecule has 0 spiro atoms. The van der Waals surface area contributed by atoms with Gasteiger partial charge in [-0.3, -0.25) is 0 Å². The van der Waals surface area contributed by atoms with Crippen molar-refractivity contribution in [2.45, 2.75) is 129 Å². The molecule has 0 fully saturated rings. The second-order valence-corrected chi connectivity index (χ2v) is 19.7. The summed E-state index contributed by atoms with van der Waals surface area (Å²) in [6.07, 6.45) is 27.4. The third-order valence-corrected chi connectivity index (χ3v) is 14.9. The minimum absolute atomic E-state index is 1.06. The van der Waals surface area contributed by atoms with Gasteiger partial charge in [0.15, 0.2) is 0 Å². The molecule has 0 unspecified atom stereocenters. The molecule has 74 heavy (non-hydrogen) atoms. The first-order chi connectivity index (χ1) is 34.5. The molecule has 412 valence electrons. The van der Waals surface area contributed by atoms with Gasteiger partial charge in [-0.1, -0.05) is 27.7 Å². The van der Waals surface area contributed by atoms with Crippen LogP contribution in [0.5, 0.6) is 0 Å². The predicted molar refractivity (Wildman–Crippen MR) is 298 cm³/mol. The standard InChI is InChI=1S/C9H17N2.2C8H15N2.3C7H13N2.2C6H11N2/c1-5-8-7-10(3)9(6-2)11(8)4;1-6-7(2)10(5)8(3)9(6)4;1-5-8-9(3)6-7(2)10(8)4;1-6-5-8(3)7(2)9(6)4;1-4-7-8(2)5-6-9(7)3;1-4-9-6-5-8(3)7(9)2;1-6-4-7(2)5-8(6)3;1-6-7(2)4-5-8(6)3/h7H,5-6H2,1-4H3;1-5H3;6H,5H2,1-4H3;5H,1-4H3;2*5-6H,4H2,1-3H3;2*4-5H,1-3H3/q8*+1. The lowest BCUT2D eigenvalue weighted by molar-refractivity contribution is -0.683. The van der Waals surface area contributed by atoms with E-state index in [1.54, 1.807) is 0 Å². The van der Waals surface area contributed by atoms with E-state index < -0.39 is 0 Å². The average molecular weight is 1030 g/mol. The normalized spacial score (nSPS) is 10.2. The zero-order chi connectivity index (χ0) is 57.1. The van der Waals surface area contributed by atoms with Crippen LogP contribution in [0.3, 0.4) is 0 Å². The highest BCUT2D eigenvalue weighted by molar-refractivity contribution is 5.05. The molecular weight excluding hydrogens is 921 g/mol. The van der Waals surface area contributed by atoms with Crippen LogP contribution in [0, 0.1) is 62.3 Å². The maximum absolute atomic E-state index is 2.28. The van der Waals surface area contributed by atoms with Crippen molar-refractivity contribution in [1.29, 1.82) is 0 Å². The van der Waals surface area contributed by atoms with Crippen LogP contribution in [0.2, 0.25) is 0 Å². The zero-order valence-electron chi connectivity index (χ0n) is 52.5. The summed E-state index contributed by atoms with van der Waals surface area (Å²) in [5, 5.41) is 0. The molecule has 0 aromatic carbocycles. The summed E-state index contributed by atoms with van der Waals surface area (Å²) in [6, 6.07) is 0. The van der Waals surface area contributed by atoms with Crippen LogP contribution >= 0.6 is 0 Å². The Balaban J connectivity index is 0.000000424. The van der Waals surface area contributed by atoms with Crippen LogP contribution in [-0.2, 0) is 138 Å². The molecule has 0 amide bonds. The summed E-state index contributed by atoms with van der Waals surface area (Å²) in [6.45, 7) is 30.9. The average Bonchev–Trinajstić information content (AvgIpc) is 4.23. The van der Waals surface area contributed by atoms with Gasteiger partial charge in [-0.25, -0.2) is 73.1 Å². The fraction of sp³-hybridized carbons (Fsp3) is 0.586. The van der Waals surface area contributed by atoms with Crippen molar-refractivity contribution in [2.24, 2.45) is 106 Å². The van der Waals surface area contributed by atoms with Crippen LogP contribution in [0.25, 0.3) is 0 Å². The second kappa shape index (κ2) is 30.8. The van der Waals surface area contributed by atoms with Crippen LogP contribution in [0.4, 0.5) is 0 Å². The maximum Gasteiger partial charge on any atom is 0.255 e. The lowest BCUT2D eigenvalue weighted by Gasteiger charge is -1.93. The zero-order valence-corrected chi connectivity index (χ0v) is 52.5. The SMILES string of the molecule is CCc1c[n+](C)c(CC)n1C.CCc1n(C)c(C)c[n+]1C.CCc1n(C)cc[n+]1C.CCn1cc[n+](C)c1C.Cc1c(C)[n+](C)c(C)n1C.Cc1c[n+](C)c(C)n1C.Cc1c[n+](C)cn1C.Cc1n(C)cc[n+]1C. The molecule has 0 radical (unpaired) electrons. The molecule has 8 aromatic heterocycles. The molecule has 0 N–H and O–H groups in total. The summed E-state index contributed by atoms with van der Waals surface area (Å²) < 4.78 is 34.5. The first kappa shape index (κ1) is 65.7. The number of hydrogen-bond acceptors (Lipinski definition) is 0. The molecule has 16 nitrogen and oxygen atoms in total. The van der Waals surface area contributed by atoms with Crippen molar-refractivity contribution < 1.29 is 36.5 Å². The molecule has 0 aliphatic rings. The summed E-state index contributed by atoms with van der Waals surface area (Å²) in [5.41, 5.74) is 8.01. The fourth-order valence-corrected chi connectivity index (χ4v) is 8.62. The van der Waals surface area contributed by atoms with Crippen molar-refractivity contribution in [3.8, 4) is 0 Å². The van der Waals surface area contributed by atoms with Gasteiger partial charge >= 0.3 is 0 Å². The van der Waals surface area contributed by atoms with E-state index in [0.717, 1.165) is 32.2 Å². The Labute approximate surface area is 449 Å². The molecule has 0 saturated heterocycles. The number of aryl methyl sites for hydroxylation is 15. The highest BCUT2D eigenvalue weighted by Crippen LogP contribution is 2.04. The molecule has 0 bridgehead atoms. The maximum atomic E-state index is 2.28. The molecule has 0 saturated carbocycles. The van der Waals surface area contributed by atoms with E-state index in [1.807, 2.05) is 51.5 Å². The fourth-order valence-electron chi connectivity index (χ4n) is 8.62. The topological polar surface area (TPSA) is 70.5 Å². The van der Waals surface area contributed by atoms with Gasteiger partial charge in [0.05, 0.1) is 112 Å². The number of hydrogen-bond donors (Lipinski definition) is 0. The van der Waals surface area contributed by atoms with Crippen molar-refractivity contribution >= 4 is 0 Å². The first-order valence-electron chi connectivity index (χ1n) is 26.4. The monoisotopic (exact) mass is 1030 g/mol. The van der Waals surface area contributed by atoms with Crippen LogP contribution < -0.4 is 36.5 Å². The van der Waals surface area contributed by atoms with Crippen molar-refractivity contribution in [3.63, 3.8) is 0 Å². The van der Waals surface area contributed by atoms with E-state index in [2.05, 4.69) is 293 Å². The first-order valence-corrected chi connectivity index (χ1v) is 26.4. The van der Waals surface area contributed by atoms with Crippen LogP contribution in [-0.4, -0.2) is 36.5 Å². The molecule has 0 atom stereocenters. The highest BCUT2D eigenvalue weighted by Gasteiger charge is 2.16. The molecular formula is C58H108N16+8. The van der Waals surface area contributed by atoms with E-state index in [-0.39, 0.29) is 0 Å². The van der Waals surface area contributed by atoms with Gasteiger partial charge in [0.25, 0.3) is 40.8 Å². The number of imidazole rings is 8. The van der Waals surface area contributed by atoms with Crippen LogP contribution in [0.1, 0.15) is 110 Å². The van der Waals surface area contributed by atoms with E-state index in [9.17, 15) is 0 Å². The number of rotatable bonds is 5. The van der Waals surface area contributed by atoms with Gasteiger partial charge in [0, 0.05) is 88.0 Å². The Morgan fingerprint density at radius 3 is 1.03 bits per heavy atom. The van der Waals surface area contributed by atoms with Gasteiger partial charge in [-0.2, -0.15) is 0 Å². The number of aromatic nitrogens is 16. The Morgan fingerprint density at radius 2 is 0.851 bits per heavy atom. The van der Waals surface area contributed by atoms with Gasteiger partial charge in [0.2, 0.25) is 6.33 Å². The summed E-state index contributed by atoms with van der Waals surface area (Å²) in [5.74, 6) is 9.28. The second-order valence-electron chi connectivity index (χ2n) is 19.7. The van der Waals surface area contributed by atoms with Crippen molar-refractivity contribution in [2.75, 3.05) is 0 Å². The third kappa shape index (κ3) is 18.3. The highest BCUT2D eigenvalue weighted by atomic mass is 15.2. The molecule has 8 aromatic rings. The van der Waals surface area contributed by atoms with E-state index >= 15 is 0 Å². The Morgan fingerprint density at radius 1 is 0.378 bits per heavy atom. The lowest BCUT2D eigenvalue weighted by atomic mass is 10.4. The van der Waals surface area contributed by atoms with Crippen molar-refractivity contribution in [3.05, 3.63) is 143 Å². The quantitative estimate of drug-likeness (QED) is 0.231. The number of nitrogens with zero attached hydrogens (tertiary/aromatic N) is 16. The van der Waals surface area contributed by atoms with Gasteiger partial charge in [0.1, 0.15) is 96.1 Å². The van der Waals surface area contributed by atoms with Crippen molar-refractivity contribution in [1.82, 2.24) is 36.5 Å². The Bertz CT molecular complexity index is 2760. The Hall–Kier alpha value is -6.32. The molecule has 8 heterocycles. The minimum atomic E-state index is 1.06. The Kier molecular flexibility index (Phi) is 27.3. The molecule has 0 aliphatic heterocycles. The van der Waals surface area contributed by atoms with E-state index in [4.69, 9.17) is 0 Å². The minimum Gasteiger partial charge on any atom is -0.239 e. The van der Waals surface area contributed by atoms with Gasteiger partial charge < -0.3 is 0 Å². The smallest absolute Gasteiger partial charge is 0.239 e. The van der Waals surface area contributed by atoms with E-state index in [1.165, 1.54) is 74.9 Å². The summed E-state index contributed by atoms with van der Waals surface area (Å²) in [7, 11) is 31.1. The van der Waals surface area contributed by atoms with Gasteiger partial charge in [-0.05, 0) is 6.92 Å². The van der Waals surface area contributed by atoms with E-state index in [0.29, 0.717) is 0 Å².